The summed E-state index contributed by atoms with van der Waals surface area (Å²) >= 11 is 0. The molecule has 0 aliphatic rings. The lowest BCUT2D eigenvalue weighted by Crippen LogP contribution is -2.30. The molecular formula is C20H20F2N4O3. The highest BCUT2D eigenvalue weighted by atomic mass is 19.1. The first kappa shape index (κ1) is 20.2. The summed E-state index contributed by atoms with van der Waals surface area (Å²) in [6, 6.07) is 10.5. The smallest absolute Gasteiger partial charge is 0.191 e. The summed E-state index contributed by atoms with van der Waals surface area (Å²) in [6.45, 7) is 1.93. The number of benzene rings is 2. The molecule has 2 aromatic carbocycles. The first-order chi connectivity index (χ1) is 13.9. The van der Waals surface area contributed by atoms with Gasteiger partial charge in [0.25, 0.3) is 0 Å². The van der Waals surface area contributed by atoms with Crippen LogP contribution in [0.5, 0.6) is 11.5 Å². The van der Waals surface area contributed by atoms with Gasteiger partial charge in [0.05, 0.1) is 26.4 Å². The molecular weight excluding hydrogens is 382 g/mol. The molecule has 0 radical (unpaired) electrons. The molecule has 0 amide bonds. The highest BCUT2D eigenvalue weighted by Crippen LogP contribution is 2.19. The van der Waals surface area contributed by atoms with Crippen molar-refractivity contribution in [2.75, 3.05) is 19.0 Å². The van der Waals surface area contributed by atoms with E-state index in [9.17, 15) is 13.6 Å². The van der Waals surface area contributed by atoms with Gasteiger partial charge in [-0.05, 0) is 36.8 Å². The zero-order valence-electron chi connectivity index (χ0n) is 15.9. The number of rotatable bonds is 9. The number of methoxy groups -OCH3 is 1. The Morgan fingerprint density at radius 2 is 1.97 bits per heavy atom. The monoisotopic (exact) mass is 402 g/mol. The van der Waals surface area contributed by atoms with Crippen molar-refractivity contribution in [2.45, 2.75) is 19.6 Å². The van der Waals surface area contributed by atoms with Gasteiger partial charge in [0, 0.05) is 6.07 Å². The van der Waals surface area contributed by atoms with Crippen molar-refractivity contribution in [2.24, 2.45) is 0 Å². The van der Waals surface area contributed by atoms with Crippen LogP contribution >= 0.6 is 0 Å². The molecule has 0 aliphatic heterocycles. The van der Waals surface area contributed by atoms with Crippen molar-refractivity contribution >= 4 is 11.6 Å². The van der Waals surface area contributed by atoms with Crippen LogP contribution in [0, 0.1) is 11.6 Å². The van der Waals surface area contributed by atoms with E-state index in [0.717, 1.165) is 23.4 Å². The third-order valence-electron chi connectivity index (χ3n) is 4.14. The van der Waals surface area contributed by atoms with Gasteiger partial charge in [-0.3, -0.25) is 4.79 Å². The van der Waals surface area contributed by atoms with Crippen LogP contribution in [0.1, 0.15) is 12.5 Å². The molecule has 0 saturated carbocycles. The fraction of sp³-hybridized carbons (Fsp3) is 0.250. The lowest BCUT2D eigenvalue weighted by atomic mass is 10.2. The molecule has 7 nitrogen and oxygen atoms in total. The number of ketones is 1. The number of anilines is 1. The quantitative estimate of drug-likeness (QED) is 0.593. The van der Waals surface area contributed by atoms with Crippen LogP contribution in [0.25, 0.3) is 0 Å². The second kappa shape index (κ2) is 9.13. The lowest BCUT2D eigenvalue weighted by Gasteiger charge is -2.14. The summed E-state index contributed by atoms with van der Waals surface area (Å²) in [4.78, 5) is 12.2. The first-order valence-corrected chi connectivity index (χ1v) is 8.86. The molecule has 0 saturated heterocycles. The first-order valence-electron chi connectivity index (χ1n) is 8.86. The van der Waals surface area contributed by atoms with Gasteiger partial charge in [-0.2, -0.15) is 0 Å². The normalized spacial score (nSPS) is 11.7. The van der Waals surface area contributed by atoms with Gasteiger partial charge in [-0.25, -0.2) is 13.5 Å². The van der Waals surface area contributed by atoms with Crippen LogP contribution in [0.4, 0.5) is 14.6 Å². The Hall–Kier alpha value is -3.49. The van der Waals surface area contributed by atoms with Gasteiger partial charge in [0.15, 0.2) is 29.3 Å². The molecule has 0 spiro atoms. The van der Waals surface area contributed by atoms with Crippen molar-refractivity contribution in [3.05, 3.63) is 65.9 Å². The van der Waals surface area contributed by atoms with Crippen molar-refractivity contribution in [1.29, 1.82) is 0 Å². The summed E-state index contributed by atoms with van der Waals surface area (Å²) in [5.74, 6) is -0.888. The standard InChI is InChI=1S/C20H20F2N4O3/c1-13(29-19-8-5-15(21)9-17(19)22)18(27)10-23-20-12-26(25-24-20)11-14-3-6-16(28-2)7-4-14/h3-9,12-13,23H,10-11H2,1-2H3. The van der Waals surface area contributed by atoms with Gasteiger partial charge in [0.2, 0.25) is 0 Å². The van der Waals surface area contributed by atoms with E-state index in [0.29, 0.717) is 18.4 Å². The Balaban J connectivity index is 1.51. The van der Waals surface area contributed by atoms with Crippen molar-refractivity contribution < 1.29 is 23.0 Å². The fourth-order valence-corrected chi connectivity index (χ4v) is 2.52. The number of nitrogens with one attached hydrogen (secondary N) is 1. The Morgan fingerprint density at radius 1 is 1.21 bits per heavy atom. The van der Waals surface area contributed by atoms with Crippen LogP contribution in [0.2, 0.25) is 0 Å². The maximum atomic E-state index is 13.6. The number of aromatic nitrogens is 3. The zero-order chi connectivity index (χ0) is 20.8. The van der Waals surface area contributed by atoms with Crippen LogP contribution in [-0.2, 0) is 11.3 Å². The summed E-state index contributed by atoms with van der Waals surface area (Å²) in [5, 5.41) is 10.8. The number of nitrogens with zero attached hydrogens (tertiary/aromatic N) is 3. The molecule has 0 aliphatic carbocycles. The molecule has 29 heavy (non-hydrogen) atoms. The Bertz CT molecular complexity index is 976. The minimum Gasteiger partial charge on any atom is -0.497 e. The highest BCUT2D eigenvalue weighted by Gasteiger charge is 2.17. The van der Waals surface area contributed by atoms with Crippen molar-refractivity contribution in [3.8, 4) is 11.5 Å². The summed E-state index contributed by atoms with van der Waals surface area (Å²) < 4.78 is 38.6. The van der Waals surface area contributed by atoms with Gasteiger partial charge in [0.1, 0.15) is 11.6 Å². The van der Waals surface area contributed by atoms with E-state index in [4.69, 9.17) is 9.47 Å². The van der Waals surface area contributed by atoms with E-state index in [1.54, 1.807) is 18.0 Å². The molecule has 1 unspecified atom stereocenters. The second-order valence-corrected chi connectivity index (χ2v) is 6.30. The predicted octanol–water partition coefficient (Wildman–Crippen LogP) is 3.06. The number of Topliss-reactive ketones (excluding diaryl/α,β-unsaturated/α-hetero) is 1. The number of hydrogen-bond donors (Lipinski definition) is 1. The van der Waals surface area contributed by atoms with Crippen LogP contribution in [0.3, 0.4) is 0 Å². The van der Waals surface area contributed by atoms with Crippen LogP contribution in [0.15, 0.2) is 48.7 Å². The van der Waals surface area contributed by atoms with Gasteiger partial charge < -0.3 is 14.8 Å². The summed E-state index contributed by atoms with van der Waals surface area (Å²) in [7, 11) is 1.60. The SMILES string of the molecule is COc1ccc(Cn2cc(NCC(=O)C(C)Oc3ccc(F)cc3F)nn2)cc1. The van der Waals surface area contributed by atoms with E-state index in [1.807, 2.05) is 24.3 Å². The van der Waals surface area contributed by atoms with E-state index >= 15 is 0 Å². The molecule has 1 aromatic heterocycles. The molecule has 0 bridgehead atoms. The number of carbonyl (C=O) groups excluding carboxylic acids is 1. The maximum Gasteiger partial charge on any atom is 0.191 e. The summed E-state index contributed by atoms with van der Waals surface area (Å²) in [6.07, 6.45) is 0.750. The highest BCUT2D eigenvalue weighted by molar-refractivity contribution is 5.86. The van der Waals surface area contributed by atoms with Gasteiger partial charge in [-0.15, -0.1) is 5.10 Å². The van der Waals surface area contributed by atoms with Gasteiger partial charge >= 0.3 is 0 Å². The Labute approximate surface area is 166 Å². The van der Waals surface area contributed by atoms with E-state index in [-0.39, 0.29) is 18.1 Å². The van der Waals surface area contributed by atoms with Crippen LogP contribution in [-0.4, -0.2) is 40.5 Å². The molecule has 1 atom stereocenters. The predicted molar refractivity (Wildman–Crippen MR) is 102 cm³/mol. The third kappa shape index (κ3) is 5.50. The molecule has 1 N–H and O–H groups in total. The second-order valence-electron chi connectivity index (χ2n) is 6.30. The largest absolute Gasteiger partial charge is 0.497 e. The van der Waals surface area contributed by atoms with Crippen molar-refractivity contribution in [3.63, 3.8) is 0 Å². The fourth-order valence-electron chi connectivity index (χ4n) is 2.52. The van der Waals surface area contributed by atoms with Crippen LogP contribution < -0.4 is 14.8 Å². The third-order valence-corrected chi connectivity index (χ3v) is 4.14. The maximum absolute atomic E-state index is 13.6. The number of ether oxygens (including phenoxy) is 2. The topological polar surface area (TPSA) is 78.3 Å². The number of hydrogen-bond acceptors (Lipinski definition) is 6. The molecule has 9 heteroatoms. The minimum atomic E-state index is -0.920. The Kier molecular flexibility index (Phi) is 6.38. The average Bonchev–Trinajstić information content (AvgIpc) is 3.16. The molecule has 3 rings (SSSR count). The van der Waals surface area contributed by atoms with E-state index in [2.05, 4.69) is 15.6 Å². The van der Waals surface area contributed by atoms with Gasteiger partial charge in [-0.1, -0.05) is 17.3 Å². The number of carbonyl (C=O) groups is 1. The lowest BCUT2D eigenvalue weighted by molar-refractivity contribution is -0.123. The van der Waals surface area contributed by atoms with E-state index in [1.165, 1.54) is 6.92 Å². The zero-order valence-corrected chi connectivity index (χ0v) is 15.9. The summed E-state index contributed by atoms with van der Waals surface area (Å²) in [5.41, 5.74) is 1.02. The molecule has 3 aromatic rings. The van der Waals surface area contributed by atoms with Crippen molar-refractivity contribution in [1.82, 2.24) is 15.0 Å². The molecule has 1 heterocycles. The van der Waals surface area contributed by atoms with E-state index < -0.39 is 17.7 Å². The molecule has 152 valence electrons. The average molecular weight is 402 g/mol. The minimum absolute atomic E-state index is 0.0782. The Morgan fingerprint density at radius 3 is 2.66 bits per heavy atom. The number of halogens is 2. The molecule has 0 fully saturated rings.